The molecule has 3 heteroatoms. The van der Waals surface area contributed by atoms with E-state index in [1.165, 1.54) is 5.56 Å². The highest BCUT2D eigenvalue weighted by atomic mass is 16.3. The first kappa shape index (κ1) is 14.2. The van der Waals surface area contributed by atoms with Crippen LogP contribution in [0.1, 0.15) is 31.4 Å². The molecule has 1 unspecified atom stereocenters. The van der Waals surface area contributed by atoms with Crippen molar-refractivity contribution in [3.63, 3.8) is 0 Å². The third-order valence-corrected chi connectivity index (χ3v) is 3.02. The number of aliphatic hydroxyl groups excluding tert-OH is 2. The zero-order valence-corrected chi connectivity index (χ0v) is 10.7. The summed E-state index contributed by atoms with van der Waals surface area (Å²) in [7, 11) is 0. The van der Waals surface area contributed by atoms with Crippen molar-refractivity contribution in [2.24, 2.45) is 5.92 Å². The van der Waals surface area contributed by atoms with Gasteiger partial charge in [-0.25, -0.2) is 0 Å². The van der Waals surface area contributed by atoms with Crippen molar-refractivity contribution in [1.82, 2.24) is 5.32 Å². The maximum absolute atomic E-state index is 8.98. The van der Waals surface area contributed by atoms with Crippen LogP contribution in [-0.4, -0.2) is 22.9 Å². The molecule has 0 saturated heterocycles. The van der Waals surface area contributed by atoms with E-state index in [1.54, 1.807) is 0 Å². The minimum atomic E-state index is 0.0901. The SMILES string of the molecule is CC(C)C(CCO)NCc1ccc(CO)cc1. The van der Waals surface area contributed by atoms with Gasteiger partial charge in [-0.05, 0) is 23.5 Å². The lowest BCUT2D eigenvalue weighted by atomic mass is 10.0. The summed E-state index contributed by atoms with van der Waals surface area (Å²) in [6.07, 6.45) is 0.784. The molecule has 1 rings (SSSR count). The minimum absolute atomic E-state index is 0.0901. The van der Waals surface area contributed by atoms with Gasteiger partial charge >= 0.3 is 0 Å². The van der Waals surface area contributed by atoms with Gasteiger partial charge in [-0.15, -0.1) is 0 Å². The second-order valence-electron chi connectivity index (χ2n) is 4.72. The Morgan fingerprint density at radius 1 is 1.06 bits per heavy atom. The highest BCUT2D eigenvalue weighted by Crippen LogP contribution is 2.08. The molecule has 96 valence electrons. The fourth-order valence-corrected chi connectivity index (χ4v) is 1.82. The summed E-state index contributed by atoms with van der Waals surface area (Å²) < 4.78 is 0. The molecule has 3 nitrogen and oxygen atoms in total. The van der Waals surface area contributed by atoms with Crippen molar-refractivity contribution in [3.8, 4) is 0 Å². The predicted molar refractivity (Wildman–Crippen MR) is 69.5 cm³/mol. The largest absolute Gasteiger partial charge is 0.396 e. The van der Waals surface area contributed by atoms with Gasteiger partial charge in [-0.3, -0.25) is 0 Å². The third kappa shape index (κ3) is 4.86. The molecule has 0 aliphatic rings. The van der Waals surface area contributed by atoms with Crippen LogP contribution in [-0.2, 0) is 13.2 Å². The number of rotatable bonds is 7. The summed E-state index contributed by atoms with van der Waals surface area (Å²) in [6, 6.07) is 8.27. The van der Waals surface area contributed by atoms with Gasteiger partial charge in [-0.1, -0.05) is 38.1 Å². The molecular weight excluding hydrogens is 214 g/mol. The Kier molecular flexibility index (Phi) is 6.19. The number of nitrogens with one attached hydrogen (secondary N) is 1. The van der Waals surface area contributed by atoms with Crippen LogP contribution >= 0.6 is 0 Å². The monoisotopic (exact) mass is 237 g/mol. The van der Waals surface area contributed by atoms with E-state index < -0.39 is 0 Å². The van der Waals surface area contributed by atoms with Crippen molar-refractivity contribution >= 4 is 0 Å². The first-order valence-electron chi connectivity index (χ1n) is 6.20. The van der Waals surface area contributed by atoms with Crippen LogP contribution < -0.4 is 5.32 Å². The zero-order valence-electron chi connectivity index (χ0n) is 10.7. The fourth-order valence-electron chi connectivity index (χ4n) is 1.82. The van der Waals surface area contributed by atoms with Crippen molar-refractivity contribution in [2.45, 2.75) is 39.5 Å². The van der Waals surface area contributed by atoms with Crippen LogP contribution in [0.3, 0.4) is 0 Å². The third-order valence-electron chi connectivity index (χ3n) is 3.02. The number of benzene rings is 1. The normalized spacial score (nSPS) is 13.0. The Morgan fingerprint density at radius 2 is 1.65 bits per heavy atom. The maximum atomic E-state index is 8.98. The van der Waals surface area contributed by atoms with E-state index >= 15 is 0 Å². The summed E-state index contributed by atoms with van der Waals surface area (Å²) in [4.78, 5) is 0. The second kappa shape index (κ2) is 7.43. The molecule has 3 N–H and O–H groups in total. The average molecular weight is 237 g/mol. The lowest BCUT2D eigenvalue weighted by Gasteiger charge is -2.21. The summed E-state index contributed by atoms with van der Waals surface area (Å²) in [6.45, 7) is 5.42. The second-order valence-corrected chi connectivity index (χ2v) is 4.72. The number of aliphatic hydroxyl groups is 2. The molecule has 1 aromatic rings. The number of hydrogen-bond donors (Lipinski definition) is 3. The molecule has 0 saturated carbocycles. The highest BCUT2D eigenvalue weighted by molar-refractivity contribution is 5.21. The van der Waals surface area contributed by atoms with Crippen LogP contribution in [0, 0.1) is 5.92 Å². The minimum Gasteiger partial charge on any atom is -0.396 e. The Labute approximate surface area is 103 Å². The van der Waals surface area contributed by atoms with Crippen LogP contribution in [0.25, 0.3) is 0 Å². The smallest absolute Gasteiger partial charge is 0.0681 e. The van der Waals surface area contributed by atoms with Gasteiger partial charge in [0.15, 0.2) is 0 Å². The fraction of sp³-hybridized carbons (Fsp3) is 0.571. The molecule has 1 aromatic carbocycles. The molecule has 0 aliphatic carbocycles. The van der Waals surface area contributed by atoms with Crippen molar-refractivity contribution in [1.29, 1.82) is 0 Å². The Balaban J connectivity index is 2.47. The molecule has 0 spiro atoms. The first-order valence-corrected chi connectivity index (χ1v) is 6.20. The molecule has 0 aromatic heterocycles. The van der Waals surface area contributed by atoms with E-state index in [0.29, 0.717) is 12.0 Å². The zero-order chi connectivity index (χ0) is 12.7. The van der Waals surface area contributed by atoms with Gasteiger partial charge in [0.05, 0.1) is 6.61 Å². The standard InChI is InChI=1S/C14H23NO2/c1-11(2)14(7-8-16)15-9-12-3-5-13(10-17)6-4-12/h3-6,11,14-17H,7-10H2,1-2H3. The van der Waals surface area contributed by atoms with E-state index in [0.717, 1.165) is 18.5 Å². The van der Waals surface area contributed by atoms with Gasteiger partial charge in [0.2, 0.25) is 0 Å². The van der Waals surface area contributed by atoms with E-state index in [2.05, 4.69) is 19.2 Å². The van der Waals surface area contributed by atoms with E-state index in [4.69, 9.17) is 10.2 Å². The number of hydrogen-bond acceptors (Lipinski definition) is 3. The van der Waals surface area contributed by atoms with E-state index in [9.17, 15) is 0 Å². The summed E-state index contributed by atoms with van der Waals surface area (Å²) in [5.41, 5.74) is 2.13. The molecule has 0 aliphatic heterocycles. The topological polar surface area (TPSA) is 52.5 Å². The summed E-state index contributed by atoms with van der Waals surface area (Å²) >= 11 is 0. The van der Waals surface area contributed by atoms with Crippen LogP contribution in [0.15, 0.2) is 24.3 Å². The molecule has 1 atom stereocenters. The quantitative estimate of drug-likeness (QED) is 0.676. The average Bonchev–Trinajstić information content (AvgIpc) is 2.34. The van der Waals surface area contributed by atoms with Crippen molar-refractivity contribution < 1.29 is 10.2 Å². The molecule has 17 heavy (non-hydrogen) atoms. The molecule has 0 bridgehead atoms. The van der Waals surface area contributed by atoms with Gasteiger partial charge in [0, 0.05) is 19.2 Å². The van der Waals surface area contributed by atoms with Crippen molar-refractivity contribution in [3.05, 3.63) is 35.4 Å². The highest BCUT2D eigenvalue weighted by Gasteiger charge is 2.11. The van der Waals surface area contributed by atoms with Crippen LogP contribution in [0.2, 0.25) is 0 Å². The van der Waals surface area contributed by atoms with Crippen LogP contribution in [0.5, 0.6) is 0 Å². The van der Waals surface area contributed by atoms with E-state index in [-0.39, 0.29) is 13.2 Å². The lowest BCUT2D eigenvalue weighted by Crippen LogP contribution is -2.34. The van der Waals surface area contributed by atoms with Gasteiger partial charge < -0.3 is 15.5 Å². The maximum Gasteiger partial charge on any atom is 0.0681 e. The summed E-state index contributed by atoms with van der Waals surface area (Å²) in [5, 5.41) is 21.4. The Hall–Kier alpha value is -0.900. The van der Waals surface area contributed by atoms with Gasteiger partial charge in [0.25, 0.3) is 0 Å². The van der Waals surface area contributed by atoms with Crippen LogP contribution in [0.4, 0.5) is 0 Å². The molecule has 0 fully saturated rings. The Bertz CT molecular complexity index is 309. The summed E-state index contributed by atoms with van der Waals surface area (Å²) in [5.74, 6) is 0.513. The molecule has 0 heterocycles. The Morgan fingerprint density at radius 3 is 2.12 bits per heavy atom. The first-order chi connectivity index (χ1) is 8.17. The molecule has 0 radical (unpaired) electrons. The van der Waals surface area contributed by atoms with Gasteiger partial charge in [-0.2, -0.15) is 0 Å². The molecular formula is C14H23NO2. The lowest BCUT2D eigenvalue weighted by molar-refractivity contribution is 0.244. The molecule has 0 amide bonds. The van der Waals surface area contributed by atoms with Gasteiger partial charge in [0.1, 0.15) is 0 Å². The van der Waals surface area contributed by atoms with Crippen molar-refractivity contribution in [2.75, 3.05) is 6.61 Å². The van der Waals surface area contributed by atoms with E-state index in [1.807, 2.05) is 24.3 Å². The predicted octanol–water partition coefficient (Wildman–Crippen LogP) is 1.68.